The Morgan fingerprint density at radius 3 is 0.615 bits per heavy atom. The van der Waals surface area contributed by atoms with E-state index in [1.165, 1.54) is 0 Å². The number of hydrogen-bond donors (Lipinski definition) is 0. The van der Waals surface area contributed by atoms with Gasteiger partial charge in [-0.3, -0.25) is 0 Å². The number of hydrogen-bond acceptors (Lipinski definition) is 6. The summed E-state index contributed by atoms with van der Waals surface area (Å²) < 4.78 is 0. The van der Waals surface area contributed by atoms with Crippen LogP contribution < -0.4 is 45.2 Å². The Labute approximate surface area is 208 Å². The SMILES string of the molecule is O=C([O-])[O-].O=C([O-])[O-].[Ba+2].[Ba+2].[Ba+2].[Cl-].[Cl-]. The van der Waals surface area contributed by atoms with E-state index in [-0.39, 0.29) is 171 Å². The van der Waals surface area contributed by atoms with Gasteiger partial charge in [-0.25, -0.2) is 0 Å². The number of carbonyl (C=O) groups excluding carboxylic acids is 2. The zero-order valence-corrected chi connectivity index (χ0v) is 21.2. The predicted molar refractivity (Wildman–Crippen MR) is 28.1 cm³/mol. The topological polar surface area (TPSA) is 126 Å². The van der Waals surface area contributed by atoms with Gasteiger partial charge in [0.1, 0.15) is 0 Å². The van der Waals surface area contributed by atoms with Crippen molar-refractivity contribution in [2.24, 2.45) is 0 Å². The van der Waals surface area contributed by atoms with Crippen molar-refractivity contribution in [3.63, 3.8) is 0 Å². The second-order valence-corrected chi connectivity index (χ2v) is 0.500. The fraction of sp³-hybridized carbons (Fsp3) is 0. The molecule has 0 unspecified atom stereocenters. The second kappa shape index (κ2) is 36.0. The Bertz CT molecular complexity index is 81.9. The average Bonchev–Trinajstić information content (AvgIpc) is 1.25. The normalized spacial score (nSPS) is 3.69. The van der Waals surface area contributed by atoms with Crippen LogP contribution in [0.15, 0.2) is 0 Å². The fourth-order valence-electron chi connectivity index (χ4n) is 0. The minimum atomic E-state index is -2.33. The Morgan fingerprint density at radius 2 is 0.615 bits per heavy atom. The van der Waals surface area contributed by atoms with Gasteiger partial charge in [-0.05, 0) is 12.3 Å². The van der Waals surface area contributed by atoms with Crippen molar-refractivity contribution < 1.29 is 54.8 Å². The van der Waals surface area contributed by atoms with Crippen LogP contribution in [0.2, 0.25) is 0 Å². The Balaban J connectivity index is -0.00000000800. The van der Waals surface area contributed by atoms with E-state index >= 15 is 0 Å². The zero-order chi connectivity index (χ0) is 7.15. The average molecular weight is 603 g/mol. The van der Waals surface area contributed by atoms with Crippen LogP contribution in [0.25, 0.3) is 0 Å². The maximum Gasteiger partial charge on any atom is 2.00 e. The van der Waals surface area contributed by atoms with Gasteiger partial charge >= 0.3 is 147 Å². The van der Waals surface area contributed by atoms with Gasteiger partial charge in [-0.2, -0.15) is 0 Å². The summed E-state index contributed by atoms with van der Waals surface area (Å²) in [5.74, 6) is 0. The minimum absolute atomic E-state index is 0. The molecule has 0 aromatic carbocycles. The van der Waals surface area contributed by atoms with Crippen molar-refractivity contribution >= 4 is 159 Å². The first-order chi connectivity index (χ1) is 3.46. The van der Waals surface area contributed by atoms with Crippen molar-refractivity contribution in [1.29, 1.82) is 0 Å². The van der Waals surface area contributed by atoms with Gasteiger partial charge in [0.15, 0.2) is 0 Å². The summed E-state index contributed by atoms with van der Waals surface area (Å²) in [5.41, 5.74) is 0. The first-order valence-electron chi connectivity index (χ1n) is 1.22. The second-order valence-electron chi connectivity index (χ2n) is 0.500. The molecular formula is C2Ba3Cl2O6. The fourth-order valence-corrected chi connectivity index (χ4v) is 0. The van der Waals surface area contributed by atoms with E-state index in [1.807, 2.05) is 0 Å². The van der Waals surface area contributed by atoms with Gasteiger partial charge in [-0.15, -0.1) is 0 Å². The zero-order valence-electron chi connectivity index (χ0n) is 6.33. The summed E-state index contributed by atoms with van der Waals surface area (Å²) in [6, 6.07) is 0. The standard InChI is InChI=1S/2CH2O3.3Ba.2ClH/c2*2-1(3)4;;;;;/h2*(H2,2,3,4);;;;2*1H/q;;3*+2;;/p-6. The quantitative estimate of drug-likeness (QED) is 0.254. The summed E-state index contributed by atoms with van der Waals surface area (Å²) in [4.78, 5) is 16.7. The summed E-state index contributed by atoms with van der Waals surface area (Å²) in [6.07, 6.45) is -4.67. The number of carbonyl (C=O) groups is 2. The van der Waals surface area contributed by atoms with Gasteiger partial charge in [0.05, 0.1) is 0 Å². The molecule has 0 aliphatic carbocycles. The molecule has 13 heavy (non-hydrogen) atoms. The van der Waals surface area contributed by atoms with E-state index in [4.69, 9.17) is 30.0 Å². The number of halogens is 2. The molecule has 0 aliphatic heterocycles. The van der Waals surface area contributed by atoms with Crippen LogP contribution in [-0.2, 0) is 0 Å². The molecule has 0 amide bonds. The van der Waals surface area contributed by atoms with Crippen molar-refractivity contribution in [1.82, 2.24) is 0 Å². The van der Waals surface area contributed by atoms with E-state index in [1.54, 1.807) is 0 Å². The van der Waals surface area contributed by atoms with Crippen LogP contribution in [0.1, 0.15) is 0 Å². The first kappa shape index (κ1) is 43.6. The van der Waals surface area contributed by atoms with E-state index in [9.17, 15) is 0 Å². The number of carboxylic acid groups (broad SMARTS) is 4. The van der Waals surface area contributed by atoms with Crippen molar-refractivity contribution in [2.45, 2.75) is 0 Å². The third-order valence-corrected chi connectivity index (χ3v) is 0. The molecule has 0 fully saturated rings. The molecule has 0 rings (SSSR count). The molecule has 0 aromatic heterocycles. The molecule has 11 heteroatoms. The molecule has 64 valence electrons. The maximum absolute atomic E-state index is 8.33. The molecule has 0 saturated carbocycles. The molecule has 0 bridgehead atoms. The molecule has 0 aromatic rings. The smallest absolute Gasteiger partial charge is 1.00 e. The van der Waals surface area contributed by atoms with Crippen LogP contribution in [-0.4, -0.2) is 159 Å². The molecule has 0 heterocycles. The summed E-state index contributed by atoms with van der Waals surface area (Å²) >= 11 is 0. The molecule has 0 spiro atoms. The van der Waals surface area contributed by atoms with Gasteiger partial charge in [-0.1, -0.05) is 0 Å². The van der Waals surface area contributed by atoms with E-state index in [0.29, 0.717) is 0 Å². The minimum Gasteiger partial charge on any atom is -1.00 e. The van der Waals surface area contributed by atoms with Crippen molar-refractivity contribution in [3.05, 3.63) is 0 Å². The predicted octanol–water partition coefficient (Wildman–Crippen LogP) is -12.0. The van der Waals surface area contributed by atoms with Crippen LogP contribution >= 0.6 is 0 Å². The number of rotatable bonds is 0. The van der Waals surface area contributed by atoms with Crippen LogP contribution in [0.5, 0.6) is 0 Å². The molecule has 6 nitrogen and oxygen atoms in total. The molecular weight excluding hydrogens is 603 g/mol. The van der Waals surface area contributed by atoms with Crippen LogP contribution in [0.4, 0.5) is 9.59 Å². The Morgan fingerprint density at radius 1 is 0.615 bits per heavy atom. The van der Waals surface area contributed by atoms with Crippen LogP contribution in [0.3, 0.4) is 0 Å². The molecule has 0 radical (unpaired) electrons. The van der Waals surface area contributed by atoms with Crippen molar-refractivity contribution in [2.75, 3.05) is 0 Å². The third kappa shape index (κ3) is 206. The van der Waals surface area contributed by atoms with Gasteiger partial charge < -0.3 is 54.8 Å². The van der Waals surface area contributed by atoms with E-state index in [0.717, 1.165) is 0 Å². The van der Waals surface area contributed by atoms with Crippen molar-refractivity contribution in [3.8, 4) is 0 Å². The molecule has 0 saturated heterocycles. The Kier molecular flexibility index (Phi) is 121. The Hall–Kier alpha value is 3.83. The van der Waals surface area contributed by atoms with E-state index < -0.39 is 12.3 Å². The summed E-state index contributed by atoms with van der Waals surface area (Å²) in [7, 11) is 0. The summed E-state index contributed by atoms with van der Waals surface area (Å²) in [5, 5.41) is 33.3. The molecule has 0 N–H and O–H groups in total. The van der Waals surface area contributed by atoms with Gasteiger partial charge in [0.25, 0.3) is 0 Å². The first-order valence-corrected chi connectivity index (χ1v) is 1.22. The van der Waals surface area contributed by atoms with Gasteiger partial charge in [0, 0.05) is 0 Å². The molecule has 0 aliphatic rings. The van der Waals surface area contributed by atoms with E-state index in [2.05, 4.69) is 0 Å². The largest absolute Gasteiger partial charge is 2.00 e. The monoisotopic (exact) mass is 604 g/mol. The third-order valence-electron chi connectivity index (χ3n) is 0. The summed E-state index contributed by atoms with van der Waals surface area (Å²) in [6.45, 7) is 0. The maximum atomic E-state index is 8.33. The molecule has 0 atom stereocenters. The van der Waals surface area contributed by atoms with Crippen LogP contribution in [0, 0.1) is 0 Å². The van der Waals surface area contributed by atoms with Gasteiger partial charge in [0.2, 0.25) is 0 Å².